The molecule has 5 heteroatoms. The first-order valence-corrected chi connectivity index (χ1v) is 5.79. The van der Waals surface area contributed by atoms with Gasteiger partial charge in [0.15, 0.2) is 0 Å². The summed E-state index contributed by atoms with van der Waals surface area (Å²) in [5.41, 5.74) is 0.330. The van der Waals surface area contributed by atoms with Gasteiger partial charge in [0.05, 0.1) is 0 Å². The Morgan fingerprint density at radius 2 is 2.46 bits per heavy atom. The molecule has 0 spiro atoms. The minimum Gasteiger partial charge on any atom is -0.274 e. The molecule has 0 amide bonds. The van der Waals surface area contributed by atoms with Crippen LogP contribution < -0.4 is 0 Å². The fourth-order valence-corrected chi connectivity index (χ4v) is 2.33. The van der Waals surface area contributed by atoms with Crippen molar-refractivity contribution in [2.75, 3.05) is 5.75 Å². The number of aromatic nitrogens is 1. The highest BCUT2D eigenvalue weighted by Crippen LogP contribution is 2.25. The summed E-state index contributed by atoms with van der Waals surface area (Å²) in [5, 5.41) is -0.511. The number of carbonyl (C=O) groups excluding carboxylic acids is 1. The highest BCUT2D eigenvalue weighted by Gasteiger charge is 2.10. The molecule has 0 unspecified atom stereocenters. The molecular formula is C8H7BrClNOS. The lowest BCUT2D eigenvalue weighted by Gasteiger charge is -2.02. The zero-order valence-electron chi connectivity index (χ0n) is 6.88. The SMILES string of the molecule is CCSc1cc(Br)cnc1C(=O)Cl. The van der Waals surface area contributed by atoms with Gasteiger partial charge in [-0.05, 0) is 39.4 Å². The molecular weight excluding hydrogens is 274 g/mol. The molecule has 0 aromatic carbocycles. The second kappa shape index (κ2) is 4.98. The minimum absolute atomic E-state index is 0.330. The maximum Gasteiger partial charge on any atom is 0.271 e. The fraction of sp³-hybridized carbons (Fsp3) is 0.250. The summed E-state index contributed by atoms with van der Waals surface area (Å²) in [5.74, 6) is 0.884. The van der Waals surface area contributed by atoms with Crippen LogP contribution in [-0.4, -0.2) is 16.0 Å². The fourth-order valence-electron chi connectivity index (χ4n) is 0.834. The summed E-state index contributed by atoms with van der Waals surface area (Å²) in [6, 6.07) is 1.84. The predicted octanol–water partition coefficient (Wildman–Crippen LogP) is 3.34. The molecule has 0 atom stereocenters. The van der Waals surface area contributed by atoms with E-state index in [2.05, 4.69) is 20.9 Å². The van der Waals surface area contributed by atoms with Gasteiger partial charge in [-0.15, -0.1) is 11.8 Å². The Balaban J connectivity index is 3.10. The Morgan fingerprint density at radius 1 is 1.77 bits per heavy atom. The number of halogens is 2. The van der Waals surface area contributed by atoms with Crippen LogP contribution >= 0.6 is 39.3 Å². The normalized spacial score (nSPS) is 10.1. The Hall–Kier alpha value is -0.0600. The first-order chi connectivity index (χ1) is 6.15. The van der Waals surface area contributed by atoms with Crippen molar-refractivity contribution in [1.82, 2.24) is 4.98 Å². The third-order valence-electron chi connectivity index (χ3n) is 1.31. The molecule has 0 aliphatic rings. The molecule has 1 aromatic heterocycles. The molecule has 0 aliphatic heterocycles. The van der Waals surface area contributed by atoms with Crippen molar-refractivity contribution in [2.24, 2.45) is 0 Å². The quantitative estimate of drug-likeness (QED) is 0.628. The molecule has 0 saturated carbocycles. The van der Waals surface area contributed by atoms with E-state index in [1.165, 1.54) is 0 Å². The van der Waals surface area contributed by atoms with Crippen molar-refractivity contribution < 1.29 is 4.79 Å². The van der Waals surface area contributed by atoms with E-state index in [1.807, 2.05) is 13.0 Å². The molecule has 0 bridgehead atoms. The largest absolute Gasteiger partial charge is 0.274 e. The van der Waals surface area contributed by atoms with Crippen molar-refractivity contribution in [1.29, 1.82) is 0 Å². The molecule has 0 aliphatic carbocycles. The van der Waals surface area contributed by atoms with Gasteiger partial charge in [0.25, 0.3) is 5.24 Å². The summed E-state index contributed by atoms with van der Waals surface area (Å²) < 4.78 is 0.852. The number of nitrogens with zero attached hydrogens (tertiary/aromatic N) is 1. The van der Waals surface area contributed by atoms with E-state index in [0.717, 1.165) is 15.1 Å². The molecule has 0 N–H and O–H groups in total. The molecule has 13 heavy (non-hydrogen) atoms. The van der Waals surface area contributed by atoms with Crippen LogP contribution in [-0.2, 0) is 0 Å². The molecule has 70 valence electrons. The highest BCUT2D eigenvalue weighted by atomic mass is 79.9. The zero-order valence-corrected chi connectivity index (χ0v) is 10.0. The maximum absolute atomic E-state index is 10.9. The standard InChI is InChI=1S/C8H7BrClNOS/c1-2-13-6-3-5(9)4-11-7(6)8(10)12/h3-4H,2H2,1H3. The number of rotatable bonds is 3. The van der Waals surface area contributed by atoms with E-state index in [4.69, 9.17) is 11.6 Å². The van der Waals surface area contributed by atoms with Crippen molar-refractivity contribution in [2.45, 2.75) is 11.8 Å². The molecule has 1 heterocycles. The predicted molar refractivity (Wildman–Crippen MR) is 58.5 cm³/mol. The Bertz CT molecular complexity index is 332. The Morgan fingerprint density at radius 3 is 3.00 bits per heavy atom. The van der Waals surface area contributed by atoms with Gasteiger partial charge >= 0.3 is 0 Å². The Kier molecular flexibility index (Phi) is 4.22. The summed E-state index contributed by atoms with van der Waals surface area (Å²) in [4.78, 5) is 15.7. The van der Waals surface area contributed by atoms with Gasteiger partial charge in [-0.25, -0.2) is 4.98 Å². The average molecular weight is 281 g/mol. The van der Waals surface area contributed by atoms with Crippen LogP contribution in [0.3, 0.4) is 0 Å². The number of thioether (sulfide) groups is 1. The van der Waals surface area contributed by atoms with Crippen molar-refractivity contribution in [3.8, 4) is 0 Å². The number of carbonyl (C=O) groups is 1. The van der Waals surface area contributed by atoms with Crippen LogP contribution in [0, 0.1) is 0 Å². The van der Waals surface area contributed by atoms with Crippen LogP contribution in [0.5, 0.6) is 0 Å². The molecule has 1 rings (SSSR count). The van der Waals surface area contributed by atoms with Gasteiger partial charge < -0.3 is 0 Å². The first kappa shape index (κ1) is 11.0. The lowest BCUT2D eigenvalue weighted by molar-refractivity contribution is 0.107. The molecule has 0 radical (unpaired) electrons. The monoisotopic (exact) mass is 279 g/mol. The van der Waals surface area contributed by atoms with Crippen LogP contribution in [0.4, 0.5) is 0 Å². The zero-order chi connectivity index (χ0) is 9.84. The van der Waals surface area contributed by atoms with Gasteiger partial charge in [-0.3, -0.25) is 4.79 Å². The molecule has 2 nitrogen and oxygen atoms in total. The van der Waals surface area contributed by atoms with E-state index in [9.17, 15) is 4.79 Å². The second-order valence-electron chi connectivity index (χ2n) is 2.21. The minimum atomic E-state index is -0.511. The van der Waals surface area contributed by atoms with Crippen molar-refractivity contribution >= 4 is 44.5 Å². The smallest absolute Gasteiger partial charge is 0.271 e. The topological polar surface area (TPSA) is 30.0 Å². The van der Waals surface area contributed by atoms with Gasteiger partial charge in [0.2, 0.25) is 0 Å². The number of hydrogen-bond acceptors (Lipinski definition) is 3. The summed E-state index contributed by atoms with van der Waals surface area (Å²) in [6.07, 6.45) is 1.56. The van der Waals surface area contributed by atoms with Gasteiger partial charge in [-0.1, -0.05) is 6.92 Å². The third-order valence-corrected chi connectivity index (χ3v) is 2.83. The van der Waals surface area contributed by atoms with Crippen LogP contribution in [0.2, 0.25) is 0 Å². The molecule has 1 aromatic rings. The molecule has 0 saturated heterocycles. The van der Waals surface area contributed by atoms with Gasteiger partial charge in [-0.2, -0.15) is 0 Å². The first-order valence-electron chi connectivity index (χ1n) is 3.63. The van der Waals surface area contributed by atoms with E-state index >= 15 is 0 Å². The lowest BCUT2D eigenvalue weighted by Crippen LogP contribution is -1.96. The summed E-state index contributed by atoms with van der Waals surface area (Å²) in [6.45, 7) is 2.01. The number of pyridine rings is 1. The second-order valence-corrected chi connectivity index (χ2v) is 4.77. The number of hydrogen-bond donors (Lipinski definition) is 0. The van der Waals surface area contributed by atoms with E-state index < -0.39 is 5.24 Å². The van der Waals surface area contributed by atoms with Crippen LogP contribution in [0.25, 0.3) is 0 Å². The molecule has 0 fully saturated rings. The van der Waals surface area contributed by atoms with Crippen molar-refractivity contribution in [3.63, 3.8) is 0 Å². The van der Waals surface area contributed by atoms with Crippen molar-refractivity contribution in [3.05, 3.63) is 22.4 Å². The summed E-state index contributed by atoms with van der Waals surface area (Å²) in [7, 11) is 0. The van der Waals surface area contributed by atoms with E-state index in [1.54, 1.807) is 18.0 Å². The Labute approximate surface area is 94.2 Å². The maximum atomic E-state index is 10.9. The van der Waals surface area contributed by atoms with Crippen LogP contribution in [0.1, 0.15) is 17.4 Å². The summed E-state index contributed by atoms with van der Waals surface area (Å²) >= 11 is 10.2. The average Bonchev–Trinajstić information content (AvgIpc) is 2.04. The van der Waals surface area contributed by atoms with Gasteiger partial charge in [0.1, 0.15) is 5.69 Å². The van der Waals surface area contributed by atoms with E-state index in [0.29, 0.717) is 5.69 Å². The highest BCUT2D eigenvalue weighted by molar-refractivity contribution is 9.10. The van der Waals surface area contributed by atoms with Gasteiger partial charge in [0, 0.05) is 15.6 Å². The lowest BCUT2D eigenvalue weighted by atomic mass is 10.4. The third kappa shape index (κ3) is 2.97. The van der Waals surface area contributed by atoms with E-state index in [-0.39, 0.29) is 0 Å². The van der Waals surface area contributed by atoms with Crippen LogP contribution in [0.15, 0.2) is 21.6 Å².